The third-order valence-corrected chi connectivity index (χ3v) is 8.92. The number of rotatable bonds is 6. The highest BCUT2D eigenvalue weighted by molar-refractivity contribution is 6.31. The van der Waals surface area contributed by atoms with Crippen LogP contribution in [-0.4, -0.2) is 77.7 Å². The van der Waals surface area contributed by atoms with Crippen LogP contribution in [0.15, 0.2) is 54.6 Å². The second kappa shape index (κ2) is 11.0. The van der Waals surface area contributed by atoms with Gasteiger partial charge in [0.1, 0.15) is 5.41 Å². The fourth-order valence-electron chi connectivity index (χ4n) is 6.74. The van der Waals surface area contributed by atoms with Crippen LogP contribution in [0, 0.1) is 0 Å². The predicted molar refractivity (Wildman–Crippen MR) is 154 cm³/mol. The van der Waals surface area contributed by atoms with Crippen LogP contribution in [0.25, 0.3) is 0 Å². The average Bonchev–Trinajstić information content (AvgIpc) is 3.16. The van der Waals surface area contributed by atoms with E-state index in [0.717, 1.165) is 55.8 Å². The second-order valence-electron chi connectivity index (χ2n) is 10.9. The number of likely N-dealkylation sites (tertiary alicyclic amines) is 1. The van der Waals surface area contributed by atoms with Gasteiger partial charge in [-0.05, 0) is 55.3 Å². The zero-order valence-electron chi connectivity index (χ0n) is 22.4. The molecule has 2 aromatic carbocycles. The van der Waals surface area contributed by atoms with E-state index in [1.807, 2.05) is 41.0 Å². The van der Waals surface area contributed by atoms with Crippen molar-refractivity contribution >= 4 is 46.6 Å². The van der Waals surface area contributed by atoms with Gasteiger partial charge >= 0.3 is 0 Å². The Hall–Kier alpha value is -2.87. The summed E-state index contributed by atoms with van der Waals surface area (Å²) in [7, 11) is 0. The summed E-state index contributed by atoms with van der Waals surface area (Å²) in [5.41, 5.74) is 2.03. The number of piperazine rings is 1. The summed E-state index contributed by atoms with van der Waals surface area (Å²) in [6, 6.07) is 12.4. The van der Waals surface area contributed by atoms with Gasteiger partial charge in [0.2, 0.25) is 17.7 Å². The first kappa shape index (κ1) is 27.7. The summed E-state index contributed by atoms with van der Waals surface area (Å²) in [5, 5.41) is 4.17. The van der Waals surface area contributed by atoms with E-state index >= 15 is 0 Å². The minimum Gasteiger partial charge on any atom is -0.340 e. The van der Waals surface area contributed by atoms with Crippen LogP contribution >= 0.6 is 23.2 Å². The molecule has 7 nitrogen and oxygen atoms in total. The molecule has 3 heterocycles. The lowest BCUT2D eigenvalue weighted by molar-refractivity contribution is -0.143. The van der Waals surface area contributed by atoms with Crippen LogP contribution in [0.5, 0.6) is 0 Å². The molecule has 2 fully saturated rings. The van der Waals surface area contributed by atoms with Crippen molar-refractivity contribution in [2.24, 2.45) is 0 Å². The molecule has 3 aliphatic heterocycles. The van der Waals surface area contributed by atoms with Crippen LogP contribution in [0.4, 0.5) is 5.69 Å². The smallest absolute Gasteiger partial charge is 0.238 e. The highest BCUT2D eigenvalue weighted by atomic mass is 35.5. The largest absolute Gasteiger partial charge is 0.340 e. The third-order valence-electron chi connectivity index (χ3n) is 8.45. The number of hydrogen-bond acceptors (Lipinski definition) is 4. The number of benzene rings is 2. The lowest BCUT2D eigenvalue weighted by Crippen LogP contribution is -2.64. The Morgan fingerprint density at radius 1 is 1.03 bits per heavy atom. The molecule has 9 heteroatoms. The molecule has 39 heavy (non-hydrogen) atoms. The van der Waals surface area contributed by atoms with Crippen molar-refractivity contribution in [1.82, 2.24) is 14.7 Å². The van der Waals surface area contributed by atoms with Crippen LogP contribution in [0.2, 0.25) is 10.0 Å². The molecular formula is C30H34Cl2N4O3. The number of fused-ring (bicyclic) bond motifs is 2. The lowest BCUT2D eigenvalue weighted by Gasteiger charge is -2.52. The van der Waals surface area contributed by atoms with Crippen molar-refractivity contribution in [1.29, 1.82) is 0 Å². The van der Waals surface area contributed by atoms with E-state index in [0.29, 0.717) is 22.3 Å². The molecule has 0 aliphatic carbocycles. The predicted octanol–water partition coefficient (Wildman–Crippen LogP) is 4.70. The molecule has 5 rings (SSSR count). The minimum atomic E-state index is -1.07. The molecule has 0 bridgehead atoms. The van der Waals surface area contributed by atoms with E-state index in [2.05, 4.69) is 16.8 Å². The molecule has 3 aliphatic rings. The molecule has 0 aromatic heterocycles. The SMILES string of the molecule is C=C(C)[C@H]1N(CCCN2CCN(C(C)=O)CC2)C(=O)C[C@@H](c2cccc(Cl)c2)[C@]12C(=O)Nc1cc(Cl)ccc12. The van der Waals surface area contributed by atoms with Crippen LogP contribution in [0.3, 0.4) is 0 Å². The van der Waals surface area contributed by atoms with E-state index in [9.17, 15) is 14.4 Å². The maximum absolute atomic E-state index is 14.2. The van der Waals surface area contributed by atoms with Crippen molar-refractivity contribution in [2.45, 2.75) is 44.1 Å². The zero-order valence-corrected chi connectivity index (χ0v) is 23.9. The van der Waals surface area contributed by atoms with Gasteiger partial charge in [-0.15, -0.1) is 0 Å². The van der Waals surface area contributed by atoms with Crippen LogP contribution in [0.1, 0.15) is 43.7 Å². The van der Waals surface area contributed by atoms with Crippen molar-refractivity contribution in [3.8, 4) is 0 Å². The molecule has 1 N–H and O–H groups in total. The van der Waals surface area contributed by atoms with Crippen molar-refractivity contribution in [3.63, 3.8) is 0 Å². The Morgan fingerprint density at radius 3 is 2.41 bits per heavy atom. The maximum Gasteiger partial charge on any atom is 0.238 e. The number of nitrogens with zero attached hydrogens (tertiary/aromatic N) is 3. The van der Waals surface area contributed by atoms with Crippen LogP contribution in [-0.2, 0) is 19.8 Å². The molecule has 2 aromatic rings. The van der Waals surface area contributed by atoms with E-state index < -0.39 is 17.4 Å². The number of halogens is 2. The summed E-state index contributed by atoms with van der Waals surface area (Å²) in [6.07, 6.45) is 0.930. The summed E-state index contributed by atoms with van der Waals surface area (Å²) in [6.45, 7) is 12.2. The summed E-state index contributed by atoms with van der Waals surface area (Å²) in [4.78, 5) is 45.7. The van der Waals surface area contributed by atoms with E-state index in [1.165, 1.54) is 0 Å². The summed E-state index contributed by atoms with van der Waals surface area (Å²) >= 11 is 12.7. The Labute approximate surface area is 239 Å². The highest BCUT2D eigenvalue weighted by Crippen LogP contribution is 2.56. The molecule has 0 unspecified atom stereocenters. The molecule has 206 valence electrons. The average molecular weight is 570 g/mol. The number of nitrogens with one attached hydrogen (secondary N) is 1. The van der Waals surface area contributed by atoms with Gasteiger partial charge in [-0.25, -0.2) is 0 Å². The van der Waals surface area contributed by atoms with Gasteiger partial charge in [0.05, 0.1) is 6.04 Å². The first-order valence-corrected chi connectivity index (χ1v) is 14.2. The van der Waals surface area contributed by atoms with Gasteiger partial charge in [-0.2, -0.15) is 0 Å². The number of carbonyl (C=O) groups is 3. The highest BCUT2D eigenvalue weighted by Gasteiger charge is 2.63. The first-order chi connectivity index (χ1) is 18.6. The Balaban J connectivity index is 1.49. The Kier molecular flexibility index (Phi) is 7.77. The molecular weight excluding hydrogens is 535 g/mol. The number of piperidine rings is 1. The van der Waals surface area contributed by atoms with E-state index in [-0.39, 0.29) is 24.1 Å². The number of amides is 3. The van der Waals surface area contributed by atoms with Gasteiger partial charge in [0.25, 0.3) is 0 Å². The quantitative estimate of drug-likeness (QED) is 0.513. The van der Waals surface area contributed by atoms with Crippen LogP contribution < -0.4 is 5.32 Å². The van der Waals surface area contributed by atoms with E-state index in [1.54, 1.807) is 25.1 Å². The Bertz CT molecular complexity index is 1320. The standard InChI is InChI=1S/C30H34Cl2N4O3/c1-19(2)28-30(24-9-8-23(32)17-26(24)33-29(30)39)25(21-6-4-7-22(31)16-21)18-27(38)36(28)11-5-10-34-12-14-35(15-13-34)20(3)37/h4,6-9,16-17,25,28H,1,5,10-15,18H2,2-3H3,(H,33,39)/t25-,28+,30-/m0/s1. The Morgan fingerprint density at radius 2 is 1.74 bits per heavy atom. The second-order valence-corrected chi connectivity index (χ2v) is 11.7. The fraction of sp³-hybridized carbons (Fsp3) is 0.433. The topological polar surface area (TPSA) is 73.0 Å². The number of anilines is 1. The van der Waals surface area contributed by atoms with Gasteiger partial charge in [-0.3, -0.25) is 19.3 Å². The zero-order chi connectivity index (χ0) is 27.9. The van der Waals surface area contributed by atoms with E-state index in [4.69, 9.17) is 23.2 Å². The first-order valence-electron chi connectivity index (χ1n) is 13.4. The summed E-state index contributed by atoms with van der Waals surface area (Å²) in [5.74, 6) is -0.483. The van der Waals surface area contributed by atoms with Gasteiger partial charge in [0.15, 0.2) is 0 Å². The normalized spacial score (nSPS) is 25.1. The lowest BCUT2D eigenvalue weighted by atomic mass is 9.58. The minimum absolute atomic E-state index is 0.00443. The monoisotopic (exact) mass is 568 g/mol. The molecule has 0 radical (unpaired) electrons. The van der Waals surface area contributed by atoms with Crippen molar-refractivity contribution in [2.75, 3.05) is 44.6 Å². The molecule has 0 saturated carbocycles. The fourth-order valence-corrected chi connectivity index (χ4v) is 7.11. The number of carbonyl (C=O) groups excluding carboxylic acids is 3. The third kappa shape index (κ3) is 4.96. The van der Waals surface area contributed by atoms with Gasteiger partial charge < -0.3 is 15.1 Å². The van der Waals surface area contributed by atoms with Crippen molar-refractivity contribution < 1.29 is 14.4 Å². The van der Waals surface area contributed by atoms with Gasteiger partial charge in [0, 0.05) is 67.7 Å². The van der Waals surface area contributed by atoms with Crippen molar-refractivity contribution in [3.05, 3.63) is 75.8 Å². The molecule has 2 saturated heterocycles. The molecule has 1 spiro atoms. The molecule has 3 amide bonds. The van der Waals surface area contributed by atoms with Gasteiger partial charge in [-0.1, -0.05) is 53.6 Å². The number of hydrogen-bond donors (Lipinski definition) is 1. The summed E-state index contributed by atoms with van der Waals surface area (Å²) < 4.78 is 0. The molecule has 3 atom stereocenters. The maximum atomic E-state index is 14.2.